The topological polar surface area (TPSA) is 314 Å². The van der Waals surface area contributed by atoms with Gasteiger partial charge in [0.15, 0.2) is 5.82 Å². The molecule has 2 aliphatic rings. The van der Waals surface area contributed by atoms with Crippen LogP contribution in [0, 0.1) is 19.8 Å². The highest BCUT2D eigenvalue weighted by Crippen LogP contribution is 2.34. The first-order valence-electron chi connectivity index (χ1n) is 26.8. The van der Waals surface area contributed by atoms with Crippen molar-refractivity contribution in [2.75, 3.05) is 50.5 Å². The van der Waals surface area contributed by atoms with Crippen LogP contribution >= 0.6 is 0 Å². The molecular weight excluding hydrogens is 1010 g/mol. The van der Waals surface area contributed by atoms with Gasteiger partial charge in [-0.2, -0.15) is 10.2 Å². The van der Waals surface area contributed by atoms with Crippen molar-refractivity contribution >= 4 is 63.5 Å². The summed E-state index contributed by atoms with van der Waals surface area (Å²) in [7, 11) is 1.47. The number of primary amides is 2. The van der Waals surface area contributed by atoms with Gasteiger partial charge in [-0.05, 0) is 109 Å². The van der Waals surface area contributed by atoms with Crippen LogP contribution in [0.5, 0.6) is 11.5 Å². The predicted octanol–water partition coefficient (Wildman–Crippen LogP) is 4.36. The van der Waals surface area contributed by atoms with E-state index in [1.165, 1.54) is 19.2 Å². The number of nitrogens with one attached hydrogen (secondary N) is 2. The van der Waals surface area contributed by atoms with E-state index < -0.39 is 29.7 Å². The molecule has 0 spiro atoms. The molecular formula is C54H70N18O7. The number of methoxy groups -OCH3 is 1. The van der Waals surface area contributed by atoms with Gasteiger partial charge in [0.1, 0.15) is 39.7 Å². The van der Waals surface area contributed by atoms with Gasteiger partial charge in [-0.3, -0.25) is 44.0 Å². The van der Waals surface area contributed by atoms with Crippen molar-refractivity contribution in [3.63, 3.8) is 0 Å². The Morgan fingerprint density at radius 1 is 0.747 bits per heavy atom. The Morgan fingerprint density at radius 3 is 1.81 bits per heavy atom. The number of amides is 5. The Labute approximate surface area is 456 Å². The van der Waals surface area contributed by atoms with Crippen molar-refractivity contribution in [2.24, 2.45) is 23.1 Å². The molecule has 8 N–H and O–H groups in total. The van der Waals surface area contributed by atoms with E-state index in [1.807, 2.05) is 32.9 Å². The van der Waals surface area contributed by atoms with E-state index >= 15 is 0 Å². The van der Waals surface area contributed by atoms with Crippen molar-refractivity contribution < 1.29 is 33.4 Å². The normalized spacial score (nSPS) is 14.6. The summed E-state index contributed by atoms with van der Waals surface area (Å²) >= 11 is 0. The van der Waals surface area contributed by atoms with Crippen LogP contribution < -0.4 is 37.3 Å². The standard InChI is InChI=1S/C54H70N18O7/c1-8-71-40(24-32(5)64-71)50(75)60-53-58-38-26-35(47(56)73)28-42(78-7)45(38)69(53)16-10-11-17-70-46-39(59-54(70)61-51(76)41-25-33(6)65-72(41)9-2)27-36(48(57)74)29-43(46)79-22-12-15-66-18-13-34(14-19-66)49-63-62-44-30-67(20-21-68(44)49)52(77)37(55)23-31(3)4/h10-11,24-29,31,34,37H,8-9,12-23,30,55H2,1-7H3,(H2,56,73)(H2,57,74)(H,58,60,75)(H,59,61,76)/b11-10+. The highest BCUT2D eigenvalue weighted by molar-refractivity contribution is 6.05. The Hall–Kier alpha value is -8.45. The number of fused-ring (bicyclic) bond motifs is 3. The third-order valence-electron chi connectivity index (χ3n) is 14.4. The fourth-order valence-corrected chi connectivity index (χ4v) is 10.6. The molecule has 1 unspecified atom stereocenters. The van der Waals surface area contributed by atoms with Crippen molar-refractivity contribution in [3.8, 4) is 11.5 Å². The summed E-state index contributed by atoms with van der Waals surface area (Å²) in [6.45, 7) is 17.1. The van der Waals surface area contributed by atoms with Crippen LogP contribution in [0.15, 0.2) is 48.6 Å². The molecule has 2 aliphatic heterocycles. The van der Waals surface area contributed by atoms with Gasteiger partial charge in [-0.15, -0.1) is 10.2 Å². The molecule has 1 atom stereocenters. The van der Waals surface area contributed by atoms with Crippen molar-refractivity contribution in [1.82, 2.24) is 63.2 Å². The van der Waals surface area contributed by atoms with Crippen LogP contribution in [0.4, 0.5) is 11.9 Å². The lowest BCUT2D eigenvalue weighted by atomic mass is 9.95. The molecule has 79 heavy (non-hydrogen) atoms. The molecule has 1 saturated heterocycles. The first-order valence-corrected chi connectivity index (χ1v) is 26.8. The monoisotopic (exact) mass is 1080 g/mol. The number of rotatable bonds is 22. The number of likely N-dealkylation sites (tertiary alicyclic amines) is 1. The summed E-state index contributed by atoms with van der Waals surface area (Å²) in [6, 6.07) is 9.09. The Bertz CT molecular complexity index is 3460. The summed E-state index contributed by atoms with van der Waals surface area (Å²) in [6.07, 6.45) is 6.83. The van der Waals surface area contributed by atoms with Crippen molar-refractivity contribution in [2.45, 2.75) is 118 Å². The van der Waals surface area contributed by atoms with Crippen LogP contribution in [0.25, 0.3) is 22.1 Å². The molecule has 2 aromatic carbocycles. The number of carbonyl (C=O) groups is 5. The zero-order valence-electron chi connectivity index (χ0n) is 45.9. The summed E-state index contributed by atoms with van der Waals surface area (Å²) in [5.41, 5.74) is 21.9. The molecule has 0 radical (unpaired) electrons. The molecule has 25 nitrogen and oxygen atoms in total. The molecule has 5 aromatic heterocycles. The third kappa shape index (κ3) is 11.9. The average molecular weight is 1080 g/mol. The van der Waals surface area contributed by atoms with Gasteiger partial charge in [0.05, 0.1) is 48.7 Å². The maximum absolute atomic E-state index is 14.0. The highest BCUT2D eigenvalue weighted by atomic mass is 16.5. The SMILES string of the molecule is CCn1nc(C)cc1C(=O)Nc1nc2cc(C(N)=O)cc(OC)c2n1C/C=C/Cn1c(NC(=O)c2cc(C)nn2CC)nc2cc(C(N)=O)cc(OCCCN3CCC(c4nnc5n4CCN(C(=O)C(N)CC(C)C)C5)CC3)c21. The molecule has 25 heteroatoms. The van der Waals surface area contributed by atoms with E-state index in [2.05, 4.69) is 54.3 Å². The fraction of sp³-hybridized carbons (Fsp3) is 0.463. The third-order valence-corrected chi connectivity index (χ3v) is 14.4. The van der Waals surface area contributed by atoms with Crippen LogP contribution in [0.3, 0.4) is 0 Å². The second-order valence-electron chi connectivity index (χ2n) is 20.5. The molecule has 7 aromatic rings. The van der Waals surface area contributed by atoms with Gasteiger partial charge in [0, 0.05) is 62.9 Å². The Balaban J connectivity index is 0.942. The van der Waals surface area contributed by atoms with E-state index in [9.17, 15) is 24.0 Å². The van der Waals surface area contributed by atoms with E-state index in [-0.39, 0.29) is 47.9 Å². The van der Waals surface area contributed by atoms with E-state index in [0.717, 1.165) is 44.1 Å². The first kappa shape index (κ1) is 55.3. The van der Waals surface area contributed by atoms with Crippen LogP contribution in [0.2, 0.25) is 0 Å². The molecule has 0 aliphatic carbocycles. The van der Waals surface area contributed by atoms with Gasteiger partial charge >= 0.3 is 0 Å². The second-order valence-corrected chi connectivity index (χ2v) is 20.5. The Kier molecular flexibility index (Phi) is 16.6. The number of nitrogens with zero attached hydrogens (tertiary/aromatic N) is 13. The van der Waals surface area contributed by atoms with Crippen LogP contribution in [-0.4, -0.2) is 139 Å². The van der Waals surface area contributed by atoms with E-state index in [4.69, 9.17) is 36.6 Å². The molecule has 5 amide bonds. The average Bonchev–Trinajstić information content (AvgIpc) is 4.43. The number of nitrogens with two attached hydrogens (primary N) is 3. The molecule has 7 heterocycles. The van der Waals surface area contributed by atoms with Gasteiger partial charge in [-0.25, -0.2) is 9.97 Å². The Morgan fingerprint density at radius 2 is 1.29 bits per heavy atom. The minimum Gasteiger partial charge on any atom is -0.494 e. The lowest BCUT2D eigenvalue weighted by Crippen LogP contribution is -2.47. The number of benzene rings is 2. The number of hydrogen-bond acceptors (Lipinski definition) is 15. The molecule has 0 bridgehead atoms. The van der Waals surface area contributed by atoms with E-state index in [0.29, 0.717) is 114 Å². The highest BCUT2D eigenvalue weighted by Gasteiger charge is 2.32. The fourth-order valence-electron chi connectivity index (χ4n) is 10.6. The number of aryl methyl sites for hydroxylation is 4. The minimum absolute atomic E-state index is 0.0412. The largest absolute Gasteiger partial charge is 0.494 e. The van der Waals surface area contributed by atoms with Crippen LogP contribution in [-0.2, 0) is 44.1 Å². The number of imidazole rings is 2. The number of ether oxygens (including phenoxy) is 2. The van der Waals surface area contributed by atoms with Crippen LogP contribution in [0.1, 0.15) is 124 Å². The number of allylic oxidation sites excluding steroid dienone is 2. The maximum atomic E-state index is 14.0. The van der Waals surface area contributed by atoms with Crippen molar-refractivity contribution in [1.29, 1.82) is 0 Å². The van der Waals surface area contributed by atoms with Gasteiger partial charge in [-0.1, -0.05) is 26.0 Å². The number of piperidine rings is 1. The van der Waals surface area contributed by atoms with Gasteiger partial charge in [0.25, 0.3) is 11.8 Å². The minimum atomic E-state index is -0.676. The maximum Gasteiger partial charge on any atom is 0.276 e. The molecule has 9 rings (SSSR count). The first-order chi connectivity index (χ1) is 37.9. The zero-order valence-corrected chi connectivity index (χ0v) is 45.9. The summed E-state index contributed by atoms with van der Waals surface area (Å²) in [5.74, 6) is 1.07. The second kappa shape index (κ2) is 23.7. The number of anilines is 2. The molecule has 1 fully saturated rings. The smallest absolute Gasteiger partial charge is 0.276 e. The quantitative estimate of drug-likeness (QED) is 0.0465. The summed E-state index contributed by atoms with van der Waals surface area (Å²) in [5, 5.41) is 23.9. The molecule has 418 valence electrons. The van der Waals surface area contributed by atoms with Gasteiger partial charge in [0.2, 0.25) is 29.6 Å². The number of aromatic nitrogens is 11. The summed E-state index contributed by atoms with van der Waals surface area (Å²) in [4.78, 5) is 79.9. The summed E-state index contributed by atoms with van der Waals surface area (Å²) < 4.78 is 21.2. The lowest BCUT2D eigenvalue weighted by molar-refractivity contribution is -0.134. The van der Waals surface area contributed by atoms with Crippen molar-refractivity contribution in [3.05, 3.63) is 94.1 Å². The lowest BCUT2D eigenvalue weighted by Gasteiger charge is -2.33. The van der Waals surface area contributed by atoms with E-state index in [1.54, 1.807) is 54.6 Å². The number of carbonyl (C=O) groups excluding carboxylic acids is 5. The van der Waals surface area contributed by atoms with Gasteiger partial charge < -0.3 is 50.2 Å². The predicted molar refractivity (Wildman–Crippen MR) is 295 cm³/mol. The number of hydrogen-bond donors (Lipinski definition) is 5. The molecule has 0 saturated carbocycles. The zero-order chi connectivity index (χ0) is 56.2.